The van der Waals surface area contributed by atoms with Crippen LogP contribution < -0.4 is 0 Å². The van der Waals surface area contributed by atoms with Crippen molar-refractivity contribution in [1.29, 1.82) is 0 Å². The zero-order chi connectivity index (χ0) is 17.7. The summed E-state index contributed by atoms with van der Waals surface area (Å²) in [6.45, 7) is 13.4. The number of H-pyrrole nitrogens is 1. The summed E-state index contributed by atoms with van der Waals surface area (Å²) in [6.07, 6.45) is 0. The first-order chi connectivity index (χ1) is 11.1. The Morgan fingerprint density at radius 2 is 1.42 bits per heavy atom. The third-order valence-corrected chi connectivity index (χ3v) is 4.71. The maximum Gasteiger partial charge on any atom is 0.122 e. The van der Waals surface area contributed by atoms with Crippen molar-refractivity contribution in [3.8, 4) is 11.1 Å². The number of benzene rings is 2. The van der Waals surface area contributed by atoms with Crippen LogP contribution in [-0.4, -0.2) is 15.4 Å². The van der Waals surface area contributed by atoms with E-state index in [0.717, 1.165) is 22.2 Å². The minimum atomic E-state index is 0.0558. The summed E-state index contributed by atoms with van der Waals surface area (Å²) < 4.78 is 0. The van der Waals surface area contributed by atoms with Gasteiger partial charge in [0.25, 0.3) is 0 Å². The molecule has 0 saturated carbocycles. The highest BCUT2D eigenvalue weighted by atomic mass is 35.5. The first-order valence-electron chi connectivity index (χ1n) is 8.23. The summed E-state index contributed by atoms with van der Waals surface area (Å²) in [5.74, 6) is 0. The van der Waals surface area contributed by atoms with Gasteiger partial charge < -0.3 is 0 Å². The molecule has 1 N–H and O–H groups in total. The summed E-state index contributed by atoms with van der Waals surface area (Å²) >= 11 is 6.55. The number of nitrogens with one attached hydrogen (secondary N) is 1. The third-order valence-electron chi connectivity index (χ3n) is 4.39. The number of halogens is 1. The van der Waals surface area contributed by atoms with Crippen molar-refractivity contribution in [2.24, 2.45) is 0 Å². The summed E-state index contributed by atoms with van der Waals surface area (Å²) in [5.41, 5.74) is 6.38. The molecule has 0 spiro atoms. The van der Waals surface area contributed by atoms with Crippen LogP contribution in [-0.2, 0) is 10.8 Å². The van der Waals surface area contributed by atoms with Crippen LogP contribution in [0.2, 0.25) is 5.02 Å². The maximum absolute atomic E-state index is 6.55. The molecule has 0 aliphatic rings. The zero-order valence-corrected chi connectivity index (χ0v) is 15.9. The van der Waals surface area contributed by atoms with Gasteiger partial charge in [-0.3, -0.25) is 0 Å². The highest BCUT2D eigenvalue weighted by Crippen LogP contribution is 2.38. The fourth-order valence-corrected chi connectivity index (χ4v) is 3.06. The minimum absolute atomic E-state index is 0.0558. The van der Waals surface area contributed by atoms with Crippen LogP contribution in [0.4, 0.5) is 0 Å². The average Bonchev–Trinajstić information content (AvgIpc) is 2.93. The van der Waals surface area contributed by atoms with E-state index >= 15 is 0 Å². The van der Waals surface area contributed by atoms with Crippen LogP contribution in [0, 0.1) is 0 Å². The van der Waals surface area contributed by atoms with Crippen LogP contribution in [0.3, 0.4) is 0 Å². The summed E-state index contributed by atoms with van der Waals surface area (Å²) in [4.78, 5) is 0. The van der Waals surface area contributed by atoms with Gasteiger partial charge >= 0.3 is 0 Å². The first-order valence-corrected chi connectivity index (χ1v) is 8.60. The lowest BCUT2D eigenvalue weighted by Crippen LogP contribution is -2.16. The van der Waals surface area contributed by atoms with Gasteiger partial charge in [0.1, 0.15) is 11.0 Å². The number of aromatic nitrogens is 3. The first kappa shape index (κ1) is 17.0. The largest absolute Gasteiger partial charge is 0.197 e. The molecule has 3 nitrogen and oxygen atoms in total. The van der Waals surface area contributed by atoms with Crippen LogP contribution in [0.5, 0.6) is 0 Å². The molecule has 3 rings (SSSR count). The molecule has 1 heterocycles. The SMILES string of the molecule is CC(C)(C)c1cc(-c2c(Cl)ccc3n[nH]nc23)cc(C(C)(C)C)c1. The number of fused-ring (bicyclic) bond motifs is 1. The molecule has 0 unspecified atom stereocenters. The Morgan fingerprint density at radius 3 is 1.96 bits per heavy atom. The molecule has 3 aromatic rings. The van der Waals surface area contributed by atoms with Crippen LogP contribution >= 0.6 is 11.6 Å². The second-order valence-electron chi connectivity index (χ2n) is 8.41. The summed E-state index contributed by atoms with van der Waals surface area (Å²) in [6, 6.07) is 10.5. The van der Waals surface area contributed by atoms with Gasteiger partial charge in [0.05, 0.1) is 5.02 Å². The van der Waals surface area contributed by atoms with Crippen LogP contribution in [0.1, 0.15) is 52.7 Å². The number of nitrogens with zero attached hydrogens (tertiary/aromatic N) is 2. The van der Waals surface area contributed by atoms with Gasteiger partial charge in [0.2, 0.25) is 0 Å². The third kappa shape index (κ3) is 3.05. The smallest absolute Gasteiger partial charge is 0.122 e. The van der Waals surface area contributed by atoms with Gasteiger partial charge in [0, 0.05) is 5.56 Å². The molecule has 0 fully saturated rings. The average molecular weight is 342 g/mol. The Labute approximate surface area is 148 Å². The lowest BCUT2D eigenvalue weighted by atomic mass is 9.79. The van der Waals surface area contributed by atoms with E-state index in [2.05, 4.69) is 75.2 Å². The second kappa shape index (κ2) is 5.59. The molecule has 0 atom stereocenters. The molecule has 0 bridgehead atoms. The Balaban J connectivity index is 2.34. The van der Waals surface area contributed by atoms with Crippen molar-refractivity contribution in [3.63, 3.8) is 0 Å². The van der Waals surface area contributed by atoms with Gasteiger partial charge in [-0.1, -0.05) is 71.3 Å². The predicted octanol–water partition coefficient (Wildman–Crippen LogP) is 5.87. The Morgan fingerprint density at radius 1 is 0.833 bits per heavy atom. The topological polar surface area (TPSA) is 41.6 Å². The van der Waals surface area contributed by atoms with Crippen molar-refractivity contribution in [3.05, 3.63) is 46.5 Å². The Kier molecular flexibility index (Phi) is 3.95. The van der Waals surface area contributed by atoms with E-state index in [4.69, 9.17) is 11.6 Å². The van der Waals surface area contributed by atoms with Crippen molar-refractivity contribution in [2.45, 2.75) is 52.4 Å². The van der Waals surface area contributed by atoms with Crippen molar-refractivity contribution in [2.75, 3.05) is 0 Å². The van der Waals surface area contributed by atoms with E-state index in [1.807, 2.05) is 12.1 Å². The van der Waals surface area contributed by atoms with Crippen LogP contribution in [0.15, 0.2) is 30.3 Å². The van der Waals surface area contributed by atoms with Gasteiger partial charge in [-0.15, -0.1) is 0 Å². The van der Waals surface area contributed by atoms with E-state index in [0.29, 0.717) is 5.02 Å². The molecular formula is C20H24ClN3. The van der Waals surface area contributed by atoms with E-state index in [1.54, 1.807) is 0 Å². The fraction of sp³-hybridized carbons (Fsp3) is 0.400. The molecule has 1 aromatic heterocycles. The van der Waals surface area contributed by atoms with Gasteiger partial charge in [-0.25, -0.2) is 0 Å². The van der Waals surface area contributed by atoms with E-state index in [1.165, 1.54) is 11.1 Å². The Bertz CT molecular complexity index is 863. The second-order valence-corrected chi connectivity index (χ2v) is 8.82. The van der Waals surface area contributed by atoms with Crippen molar-refractivity contribution in [1.82, 2.24) is 15.4 Å². The molecular weight excluding hydrogens is 318 g/mol. The van der Waals surface area contributed by atoms with Crippen molar-refractivity contribution >= 4 is 22.6 Å². The van der Waals surface area contributed by atoms with Gasteiger partial charge in [-0.2, -0.15) is 15.4 Å². The maximum atomic E-state index is 6.55. The molecule has 0 amide bonds. The molecule has 24 heavy (non-hydrogen) atoms. The lowest BCUT2D eigenvalue weighted by Gasteiger charge is -2.26. The fourth-order valence-electron chi connectivity index (χ4n) is 2.80. The molecule has 0 saturated heterocycles. The highest BCUT2D eigenvalue weighted by molar-refractivity contribution is 6.34. The lowest BCUT2D eigenvalue weighted by molar-refractivity contribution is 0.569. The number of rotatable bonds is 1. The highest BCUT2D eigenvalue weighted by Gasteiger charge is 2.22. The van der Waals surface area contributed by atoms with Crippen molar-refractivity contribution < 1.29 is 0 Å². The number of aromatic amines is 1. The Hall–Kier alpha value is -1.87. The predicted molar refractivity (Wildman–Crippen MR) is 102 cm³/mol. The quantitative estimate of drug-likeness (QED) is 0.601. The monoisotopic (exact) mass is 341 g/mol. The molecule has 4 heteroatoms. The standard InChI is InChI=1S/C20H24ClN3/c1-19(2,3)13-9-12(10-14(11-13)20(4,5)6)17-15(21)7-8-16-18(17)23-24-22-16/h7-11H,1-6H3,(H,22,23,24). The zero-order valence-electron chi connectivity index (χ0n) is 15.2. The molecule has 0 radical (unpaired) electrons. The van der Waals surface area contributed by atoms with E-state index in [9.17, 15) is 0 Å². The van der Waals surface area contributed by atoms with E-state index in [-0.39, 0.29) is 10.8 Å². The summed E-state index contributed by atoms with van der Waals surface area (Å²) in [5, 5.41) is 11.9. The van der Waals surface area contributed by atoms with E-state index < -0.39 is 0 Å². The molecule has 0 aliphatic carbocycles. The van der Waals surface area contributed by atoms with Gasteiger partial charge in [-0.05, 0) is 39.7 Å². The number of hydrogen-bond donors (Lipinski definition) is 1. The van der Waals surface area contributed by atoms with Crippen LogP contribution in [0.25, 0.3) is 22.2 Å². The normalized spacial score (nSPS) is 12.8. The van der Waals surface area contributed by atoms with Gasteiger partial charge in [0.15, 0.2) is 0 Å². The molecule has 126 valence electrons. The molecule has 0 aliphatic heterocycles. The summed E-state index contributed by atoms with van der Waals surface area (Å²) in [7, 11) is 0. The minimum Gasteiger partial charge on any atom is -0.197 e. The molecule has 2 aromatic carbocycles. The number of hydrogen-bond acceptors (Lipinski definition) is 2.